The van der Waals surface area contributed by atoms with E-state index in [2.05, 4.69) is 10.2 Å². The number of nitrogens with zero attached hydrogens (tertiary/aromatic N) is 1. The van der Waals surface area contributed by atoms with Gasteiger partial charge in [-0.25, -0.2) is 0 Å². The number of rotatable bonds is 5. The summed E-state index contributed by atoms with van der Waals surface area (Å²) in [6.45, 7) is 1.68. The van der Waals surface area contributed by atoms with Crippen LogP contribution in [-0.4, -0.2) is 29.4 Å². The fourth-order valence-corrected chi connectivity index (χ4v) is 3.47. The van der Waals surface area contributed by atoms with Gasteiger partial charge in [-0.15, -0.1) is 0 Å². The number of furan rings is 1. The van der Waals surface area contributed by atoms with Crippen LogP contribution < -0.4 is 5.32 Å². The number of hydrogen-bond donors (Lipinski definition) is 1. The zero-order chi connectivity index (χ0) is 13.8. The topological polar surface area (TPSA) is 45.5 Å². The predicted molar refractivity (Wildman–Crippen MR) is 77.2 cm³/mol. The lowest BCUT2D eigenvalue weighted by molar-refractivity contribution is -0.135. The van der Waals surface area contributed by atoms with Crippen LogP contribution in [0.4, 0.5) is 0 Å². The molecule has 1 aromatic heterocycles. The number of hydrogen-bond acceptors (Lipinski definition) is 3. The van der Waals surface area contributed by atoms with Crippen LogP contribution in [0.3, 0.4) is 0 Å². The molecule has 4 heteroatoms. The van der Waals surface area contributed by atoms with E-state index in [1.807, 2.05) is 12.1 Å². The van der Waals surface area contributed by atoms with E-state index < -0.39 is 0 Å². The lowest BCUT2D eigenvalue weighted by Crippen LogP contribution is -2.41. The van der Waals surface area contributed by atoms with Crippen LogP contribution in [0.25, 0.3) is 0 Å². The molecule has 0 aromatic carbocycles. The molecule has 0 radical (unpaired) electrons. The van der Waals surface area contributed by atoms with Crippen LogP contribution in [0.5, 0.6) is 0 Å². The van der Waals surface area contributed by atoms with E-state index in [4.69, 9.17) is 4.42 Å². The number of amides is 1. The molecule has 20 heavy (non-hydrogen) atoms. The van der Waals surface area contributed by atoms with E-state index in [0.29, 0.717) is 25.0 Å². The van der Waals surface area contributed by atoms with E-state index in [9.17, 15) is 4.79 Å². The minimum absolute atomic E-state index is 0.285. The Kier molecular flexibility index (Phi) is 4.41. The van der Waals surface area contributed by atoms with Crippen molar-refractivity contribution < 1.29 is 9.21 Å². The van der Waals surface area contributed by atoms with Crippen LogP contribution in [0.15, 0.2) is 22.8 Å². The third-order valence-corrected chi connectivity index (χ3v) is 4.58. The summed E-state index contributed by atoms with van der Waals surface area (Å²) in [7, 11) is 0. The summed E-state index contributed by atoms with van der Waals surface area (Å²) in [5.74, 6) is 1.18. The molecule has 1 saturated carbocycles. The molecule has 1 N–H and O–H groups in total. The van der Waals surface area contributed by atoms with Crippen LogP contribution in [0.2, 0.25) is 0 Å². The fourth-order valence-electron chi connectivity index (χ4n) is 3.47. The molecule has 1 amide bonds. The van der Waals surface area contributed by atoms with Gasteiger partial charge in [0, 0.05) is 18.5 Å². The first kappa shape index (κ1) is 13.7. The Hall–Kier alpha value is -1.29. The molecule has 2 aliphatic rings. The lowest BCUT2D eigenvalue weighted by atomic mass is 10.1. The smallest absolute Gasteiger partial charge is 0.224 e. The zero-order valence-electron chi connectivity index (χ0n) is 12.0. The highest BCUT2D eigenvalue weighted by Crippen LogP contribution is 2.26. The fraction of sp³-hybridized carbons (Fsp3) is 0.688. The van der Waals surface area contributed by atoms with Gasteiger partial charge in [-0.05, 0) is 44.4 Å². The molecule has 0 bridgehead atoms. The molecule has 1 aromatic rings. The van der Waals surface area contributed by atoms with Gasteiger partial charge in [0.1, 0.15) is 5.76 Å². The average molecular weight is 276 g/mol. The first-order chi connectivity index (χ1) is 9.83. The molecule has 1 atom stereocenters. The Morgan fingerprint density at radius 2 is 2.15 bits per heavy atom. The van der Waals surface area contributed by atoms with Crippen LogP contribution in [-0.2, 0) is 11.3 Å². The highest BCUT2D eigenvalue weighted by Gasteiger charge is 2.29. The van der Waals surface area contributed by atoms with Crippen molar-refractivity contribution in [2.75, 3.05) is 6.54 Å². The predicted octanol–water partition coefficient (Wildman–Crippen LogP) is 2.69. The van der Waals surface area contributed by atoms with Crippen LogP contribution in [0.1, 0.15) is 50.7 Å². The monoisotopic (exact) mass is 276 g/mol. The molecule has 1 saturated heterocycles. The molecular formula is C16H24N2O2. The van der Waals surface area contributed by atoms with Crippen LogP contribution in [0, 0.1) is 0 Å². The molecule has 3 rings (SSSR count). The van der Waals surface area contributed by atoms with Gasteiger partial charge in [0.2, 0.25) is 5.91 Å². The zero-order valence-corrected chi connectivity index (χ0v) is 12.0. The average Bonchev–Trinajstić information content (AvgIpc) is 3.19. The Bertz CT molecular complexity index is 418. The summed E-state index contributed by atoms with van der Waals surface area (Å²) in [4.78, 5) is 14.7. The Labute approximate surface area is 120 Å². The van der Waals surface area contributed by atoms with Crippen molar-refractivity contribution in [3.8, 4) is 0 Å². The lowest BCUT2D eigenvalue weighted by Gasteiger charge is -2.29. The van der Waals surface area contributed by atoms with Gasteiger partial charge in [0.15, 0.2) is 0 Å². The number of nitrogens with one attached hydrogen (secondary N) is 1. The summed E-state index contributed by atoms with van der Waals surface area (Å²) in [6.07, 6.45) is 9.42. The van der Waals surface area contributed by atoms with Crippen molar-refractivity contribution in [2.45, 2.75) is 63.6 Å². The van der Waals surface area contributed by atoms with E-state index in [0.717, 1.165) is 31.6 Å². The van der Waals surface area contributed by atoms with Gasteiger partial charge in [0.05, 0.1) is 12.8 Å². The van der Waals surface area contributed by atoms with Crippen molar-refractivity contribution in [3.63, 3.8) is 0 Å². The largest absolute Gasteiger partial charge is 0.467 e. The standard InChI is InChI=1S/C16H24N2O2/c19-16(11-13-5-3-9-17-13)18(14-6-1-2-7-14)12-15-8-4-10-20-15/h4,8,10,13-14,17H,1-3,5-7,9,11-12H2. The maximum atomic E-state index is 12.7. The Morgan fingerprint density at radius 1 is 1.30 bits per heavy atom. The first-order valence-corrected chi connectivity index (χ1v) is 7.88. The normalized spacial score (nSPS) is 23.3. The molecule has 2 fully saturated rings. The van der Waals surface area contributed by atoms with Crippen molar-refractivity contribution in [3.05, 3.63) is 24.2 Å². The number of carbonyl (C=O) groups excluding carboxylic acids is 1. The molecule has 1 aliphatic heterocycles. The van der Waals surface area contributed by atoms with Gasteiger partial charge < -0.3 is 14.6 Å². The molecule has 1 unspecified atom stereocenters. The molecular weight excluding hydrogens is 252 g/mol. The van der Waals surface area contributed by atoms with Crippen molar-refractivity contribution in [1.29, 1.82) is 0 Å². The van der Waals surface area contributed by atoms with Crippen molar-refractivity contribution >= 4 is 5.91 Å². The van der Waals surface area contributed by atoms with E-state index in [1.165, 1.54) is 19.3 Å². The summed E-state index contributed by atoms with van der Waals surface area (Å²) in [6, 6.07) is 4.64. The van der Waals surface area contributed by atoms with Crippen molar-refractivity contribution in [1.82, 2.24) is 10.2 Å². The minimum atomic E-state index is 0.285. The second-order valence-electron chi connectivity index (χ2n) is 6.04. The number of carbonyl (C=O) groups is 1. The van der Waals surface area contributed by atoms with Crippen LogP contribution >= 0.6 is 0 Å². The second kappa shape index (κ2) is 6.44. The Balaban J connectivity index is 1.65. The maximum absolute atomic E-state index is 12.7. The van der Waals surface area contributed by atoms with E-state index in [-0.39, 0.29) is 5.91 Å². The van der Waals surface area contributed by atoms with Gasteiger partial charge in [-0.2, -0.15) is 0 Å². The first-order valence-electron chi connectivity index (χ1n) is 7.88. The van der Waals surface area contributed by atoms with Gasteiger partial charge in [-0.3, -0.25) is 4.79 Å². The molecule has 2 heterocycles. The third-order valence-electron chi connectivity index (χ3n) is 4.58. The maximum Gasteiger partial charge on any atom is 0.224 e. The molecule has 4 nitrogen and oxygen atoms in total. The summed E-state index contributed by atoms with van der Waals surface area (Å²) in [5, 5.41) is 3.42. The second-order valence-corrected chi connectivity index (χ2v) is 6.04. The quantitative estimate of drug-likeness (QED) is 0.899. The van der Waals surface area contributed by atoms with Gasteiger partial charge >= 0.3 is 0 Å². The highest BCUT2D eigenvalue weighted by molar-refractivity contribution is 5.77. The van der Waals surface area contributed by atoms with Gasteiger partial charge in [-0.1, -0.05) is 12.8 Å². The summed E-state index contributed by atoms with van der Waals surface area (Å²) < 4.78 is 5.43. The molecule has 0 spiro atoms. The SMILES string of the molecule is O=C(CC1CCCN1)N(Cc1ccco1)C1CCCC1. The third kappa shape index (κ3) is 3.23. The highest BCUT2D eigenvalue weighted by atomic mass is 16.3. The van der Waals surface area contributed by atoms with Gasteiger partial charge in [0.25, 0.3) is 0 Å². The van der Waals surface area contributed by atoms with E-state index >= 15 is 0 Å². The van der Waals surface area contributed by atoms with Crippen molar-refractivity contribution in [2.24, 2.45) is 0 Å². The summed E-state index contributed by atoms with van der Waals surface area (Å²) in [5.41, 5.74) is 0. The molecule has 110 valence electrons. The van der Waals surface area contributed by atoms with E-state index in [1.54, 1.807) is 6.26 Å². The Morgan fingerprint density at radius 3 is 2.80 bits per heavy atom. The summed E-state index contributed by atoms with van der Waals surface area (Å²) >= 11 is 0. The minimum Gasteiger partial charge on any atom is -0.467 e. The molecule has 1 aliphatic carbocycles.